The van der Waals surface area contributed by atoms with Gasteiger partial charge in [0.25, 0.3) is 0 Å². The molecular weight excluding hydrogens is 427 g/mol. The summed E-state index contributed by atoms with van der Waals surface area (Å²) in [5.41, 5.74) is 1.25. The van der Waals surface area contributed by atoms with E-state index in [9.17, 15) is 0 Å². The number of aliphatic imine (C=N–C) groups is 1. The predicted molar refractivity (Wildman–Crippen MR) is 115 cm³/mol. The predicted octanol–water partition coefficient (Wildman–Crippen LogP) is 3.02. The zero-order chi connectivity index (χ0) is 16.8. The molecule has 1 heterocycles. The fourth-order valence-corrected chi connectivity index (χ4v) is 3.41. The number of anilines is 1. The van der Waals surface area contributed by atoms with Crippen molar-refractivity contribution in [2.24, 2.45) is 10.9 Å². The summed E-state index contributed by atoms with van der Waals surface area (Å²) in [6, 6.07) is 8.82. The van der Waals surface area contributed by atoms with Crippen LogP contribution in [0.3, 0.4) is 0 Å². The number of rotatable bonds is 5. The Morgan fingerprint density at radius 1 is 1.32 bits per heavy atom. The van der Waals surface area contributed by atoms with E-state index < -0.39 is 0 Å². The summed E-state index contributed by atoms with van der Waals surface area (Å²) in [5, 5.41) is 6.99. The Morgan fingerprint density at radius 3 is 2.84 bits per heavy atom. The molecule has 1 atom stereocenters. The van der Waals surface area contributed by atoms with E-state index in [1.54, 1.807) is 7.11 Å². The first-order valence-electron chi connectivity index (χ1n) is 8.79. The highest BCUT2D eigenvalue weighted by molar-refractivity contribution is 14.0. The molecule has 3 rings (SSSR count). The van der Waals surface area contributed by atoms with Crippen LogP contribution in [0, 0.1) is 5.92 Å². The number of nitrogens with one attached hydrogen (secondary N) is 2. The summed E-state index contributed by atoms with van der Waals surface area (Å²) in [5.74, 6) is 2.48. The Labute approximate surface area is 167 Å². The van der Waals surface area contributed by atoms with Gasteiger partial charge >= 0.3 is 0 Å². The van der Waals surface area contributed by atoms with Crippen LogP contribution in [0.5, 0.6) is 5.75 Å². The van der Waals surface area contributed by atoms with Crippen LogP contribution in [0.15, 0.2) is 41.4 Å². The zero-order valence-corrected chi connectivity index (χ0v) is 17.4. The third kappa shape index (κ3) is 5.52. The second-order valence-corrected chi connectivity index (χ2v) is 6.54. The number of methoxy groups -OCH3 is 1. The Bertz CT molecular complexity index is 597. The van der Waals surface area contributed by atoms with Crippen LogP contribution in [0.1, 0.15) is 19.3 Å². The van der Waals surface area contributed by atoms with E-state index in [0.29, 0.717) is 12.0 Å². The van der Waals surface area contributed by atoms with E-state index in [-0.39, 0.29) is 24.0 Å². The lowest BCUT2D eigenvalue weighted by atomic mass is 10.1. The van der Waals surface area contributed by atoms with Crippen molar-refractivity contribution in [2.45, 2.75) is 25.3 Å². The summed E-state index contributed by atoms with van der Waals surface area (Å²) in [6.45, 7) is 3.13. The maximum absolute atomic E-state index is 5.33. The Balaban J connectivity index is 0.00000225. The van der Waals surface area contributed by atoms with Crippen molar-refractivity contribution in [3.05, 3.63) is 36.4 Å². The third-order valence-corrected chi connectivity index (χ3v) is 4.83. The second-order valence-electron chi connectivity index (χ2n) is 6.54. The van der Waals surface area contributed by atoms with Crippen molar-refractivity contribution in [2.75, 3.05) is 38.7 Å². The SMILES string of the molecule is CN=C(NCC1CCN(c2cccc(OC)c2)C1)NC1CC=CC1.I. The van der Waals surface area contributed by atoms with Gasteiger partial charge in [0.05, 0.1) is 7.11 Å². The number of hydrogen-bond acceptors (Lipinski definition) is 3. The van der Waals surface area contributed by atoms with Gasteiger partial charge in [-0.25, -0.2) is 0 Å². The molecule has 5 nitrogen and oxygen atoms in total. The first-order chi connectivity index (χ1) is 11.8. The van der Waals surface area contributed by atoms with Gasteiger partial charge in [-0.3, -0.25) is 4.99 Å². The van der Waals surface area contributed by atoms with Crippen LogP contribution in [-0.2, 0) is 0 Å². The van der Waals surface area contributed by atoms with Crippen molar-refractivity contribution in [1.82, 2.24) is 10.6 Å². The molecule has 1 fully saturated rings. The summed E-state index contributed by atoms with van der Waals surface area (Å²) < 4.78 is 5.33. The summed E-state index contributed by atoms with van der Waals surface area (Å²) in [6.07, 6.45) is 7.84. The Kier molecular flexibility index (Phi) is 7.87. The minimum absolute atomic E-state index is 0. The molecule has 6 heteroatoms. The van der Waals surface area contributed by atoms with Gasteiger partial charge in [0.15, 0.2) is 5.96 Å². The average molecular weight is 456 g/mol. The van der Waals surface area contributed by atoms with Crippen molar-refractivity contribution >= 4 is 35.6 Å². The third-order valence-electron chi connectivity index (χ3n) is 4.83. The molecule has 0 saturated carbocycles. The highest BCUT2D eigenvalue weighted by Crippen LogP contribution is 2.26. The highest BCUT2D eigenvalue weighted by atomic mass is 127. The van der Waals surface area contributed by atoms with Crippen LogP contribution in [-0.4, -0.2) is 45.8 Å². The summed E-state index contributed by atoms with van der Waals surface area (Å²) in [7, 11) is 3.56. The quantitative estimate of drug-likeness (QED) is 0.310. The largest absolute Gasteiger partial charge is 0.497 e. The summed E-state index contributed by atoms with van der Waals surface area (Å²) >= 11 is 0. The molecule has 0 amide bonds. The maximum atomic E-state index is 5.33. The number of halogens is 1. The molecule has 138 valence electrons. The molecule has 1 unspecified atom stereocenters. The lowest BCUT2D eigenvalue weighted by Crippen LogP contribution is -2.44. The standard InChI is InChI=1S/C19H28N4O.HI/c1-20-19(22-16-6-3-4-7-16)21-13-15-10-11-23(14-15)17-8-5-9-18(12-17)24-2;/h3-5,8-9,12,15-16H,6-7,10-11,13-14H2,1-2H3,(H2,20,21,22);1H. The summed E-state index contributed by atoms with van der Waals surface area (Å²) in [4.78, 5) is 6.79. The molecule has 0 spiro atoms. The molecule has 0 radical (unpaired) electrons. The van der Waals surface area contributed by atoms with E-state index >= 15 is 0 Å². The van der Waals surface area contributed by atoms with Gasteiger partial charge in [0.1, 0.15) is 5.75 Å². The van der Waals surface area contributed by atoms with Crippen molar-refractivity contribution < 1.29 is 4.74 Å². The van der Waals surface area contributed by atoms with Crippen molar-refractivity contribution in [3.63, 3.8) is 0 Å². The smallest absolute Gasteiger partial charge is 0.191 e. The Morgan fingerprint density at radius 2 is 2.12 bits per heavy atom. The molecule has 1 aromatic rings. The first kappa shape index (κ1) is 19.9. The van der Waals surface area contributed by atoms with Gasteiger partial charge in [0, 0.05) is 44.5 Å². The topological polar surface area (TPSA) is 48.9 Å². The van der Waals surface area contributed by atoms with Gasteiger partial charge in [-0.2, -0.15) is 0 Å². The van der Waals surface area contributed by atoms with E-state index in [4.69, 9.17) is 4.74 Å². The molecule has 2 aliphatic rings. The van der Waals surface area contributed by atoms with Crippen LogP contribution in [0.4, 0.5) is 5.69 Å². The number of benzene rings is 1. The van der Waals surface area contributed by atoms with Gasteiger partial charge in [-0.1, -0.05) is 18.2 Å². The average Bonchev–Trinajstić information content (AvgIpc) is 3.30. The fourth-order valence-electron chi connectivity index (χ4n) is 3.41. The van der Waals surface area contributed by atoms with Crippen molar-refractivity contribution in [3.8, 4) is 5.75 Å². The molecule has 1 aliphatic heterocycles. The Hall–Kier alpha value is -1.44. The molecular formula is C19H29IN4O. The molecule has 2 N–H and O–H groups in total. The number of nitrogens with zero attached hydrogens (tertiary/aromatic N) is 2. The van der Waals surface area contributed by atoms with E-state index in [1.165, 1.54) is 12.1 Å². The zero-order valence-electron chi connectivity index (χ0n) is 15.1. The van der Waals surface area contributed by atoms with Gasteiger partial charge in [-0.05, 0) is 37.3 Å². The fraction of sp³-hybridized carbons (Fsp3) is 0.526. The van der Waals surface area contributed by atoms with E-state index in [0.717, 1.165) is 44.2 Å². The van der Waals surface area contributed by atoms with Crippen LogP contribution in [0.25, 0.3) is 0 Å². The molecule has 1 aromatic carbocycles. The lowest BCUT2D eigenvalue weighted by Gasteiger charge is -2.21. The van der Waals surface area contributed by atoms with Crippen LogP contribution < -0.4 is 20.3 Å². The molecule has 0 aromatic heterocycles. The van der Waals surface area contributed by atoms with Crippen LogP contribution >= 0.6 is 24.0 Å². The number of guanidine groups is 1. The minimum Gasteiger partial charge on any atom is -0.497 e. The van der Waals surface area contributed by atoms with E-state index in [2.05, 4.69) is 50.9 Å². The van der Waals surface area contributed by atoms with Gasteiger partial charge < -0.3 is 20.3 Å². The second kappa shape index (κ2) is 9.89. The molecule has 1 saturated heterocycles. The van der Waals surface area contributed by atoms with Crippen molar-refractivity contribution in [1.29, 1.82) is 0 Å². The normalized spacial score (nSPS) is 20.5. The van der Waals surface area contributed by atoms with Crippen LogP contribution in [0.2, 0.25) is 0 Å². The molecule has 0 bridgehead atoms. The minimum atomic E-state index is 0. The highest BCUT2D eigenvalue weighted by Gasteiger charge is 2.23. The maximum Gasteiger partial charge on any atom is 0.191 e. The van der Waals surface area contributed by atoms with Gasteiger partial charge in [-0.15, -0.1) is 24.0 Å². The lowest BCUT2D eigenvalue weighted by molar-refractivity contribution is 0.415. The molecule has 25 heavy (non-hydrogen) atoms. The number of ether oxygens (including phenoxy) is 1. The van der Waals surface area contributed by atoms with E-state index in [1.807, 2.05) is 13.1 Å². The van der Waals surface area contributed by atoms with Gasteiger partial charge in [0.2, 0.25) is 0 Å². The first-order valence-corrected chi connectivity index (χ1v) is 8.79. The molecule has 1 aliphatic carbocycles. The number of hydrogen-bond donors (Lipinski definition) is 2. The monoisotopic (exact) mass is 456 g/mol.